The molecule has 2 saturated carbocycles. The van der Waals surface area contributed by atoms with Crippen LogP contribution in [0.25, 0.3) is 0 Å². The number of hydrogen-bond acceptors (Lipinski definition) is 2. The minimum atomic E-state index is 0.360. The van der Waals surface area contributed by atoms with E-state index in [0.717, 1.165) is 24.7 Å². The molecular weight excluding hydrogens is 140 g/mol. The molecule has 0 aliphatic heterocycles. The third kappa shape index (κ3) is 1.09. The van der Waals surface area contributed by atoms with E-state index in [2.05, 4.69) is 0 Å². The zero-order valence-corrected chi connectivity index (χ0v) is 6.74. The summed E-state index contributed by atoms with van der Waals surface area (Å²) < 4.78 is 0. The summed E-state index contributed by atoms with van der Waals surface area (Å²) in [7, 11) is 0. The van der Waals surface area contributed by atoms with Gasteiger partial charge in [-0.15, -0.1) is 0 Å². The van der Waals surface area contributed by atoms with Gasteiger partial charge in [0.25, 0.3) is 0 Å². The van der Waals surface area contributed by atoms with E-state index in [1.54, 1.807) is 0 Å². The Balaban J connectivity index is 1.97. The molecule has 4 atom stereocenters. The fourth-order valence-corrected chi connectivity index (χ4v) is 2.96. The molecule has 0 aromatic carbocycles. The first kappa shape index (κ1) is 7.56. The Morgan fingerprint density at radius 2 is 1.27 bits per heavy atom. The van der Waals surface area contributed by atoms with Gasteiger partial charge in [0.2, 0.25) is 0 Å². The molecule has 2 fully saturated rings. The summed E-state index contributed by atoms with van der Waals surface area (Å²) in [5.41, 5.74) is 0. The highest BCUT2D eigenvalue weighted by Gasteiger charge is 2.44. The van der Waals surface area contributed by atoms with Crippen molar-refractivity contribution in [3.8, 4) is 0 Å². The Labute approximate surface area is 67.2 Å². The normalized spacial score (nSPS) is 48.5. The van der Waals surface area contributed by atoms with E-state index in [-0.39, 0.29) is 0 Å². The van der Waals surface area contributed by atoms with Gasteiger partial charge >= 0.3 is 0 Å². The van der Waals surface area contributed by atoms with Crippen molar-refractivity contribution in [1.82, 2.24) is 0 Å². The Bertz CT molecular complexity index is 130. The van der Waals surface area contributed by atoms with Gasteiger partial charge in [-0.3, -0.25) is 0 Å². The highest BCUT2D eigenvalue weighted by Crippen LogP contribution is 2.51. The zero-order valence-electron chi connectivity index (χ0n) is 6.74. The van der Waals surface area contributed by atoms with Crippen molar-refractivity contribution in [2.75, 3.05) is 13.2 Å². The molecule has 0 spiro atoms. The minimum absolute atomic E-state index is 0.360. The summed E-state index contributed by atoms with van der Waals surface area (Å²) in [6.45, 7) is 0.721. The summed E-state index contributed by atoms with van der Waals surface area (Å²) >= 11 is 0. The first-order valence-electron chi connectivity index (χ1n) is 4.57. The fourth-order valence-electron chi connectivity index (χ4n) is 2.96. The molecule has 2 N–H and O–H groups in total. The topological polar surface area (TPSA) is 40.5 Å². The number of fused-ring (bicyclic) bond motifs is 2. The maximum absolute atomic E-state index is 8.98. The van der Waals surface area contributed by atoms with E-state index < -0.39 is 0 Å². The second-order valence-electron chi connectivity index (χ2n) is 4.11. The summed E-state index contributed by atoms with van der Waals surface area (Å²) in [5.74, 6) is 2.56. The van der Waals surface area contributed by atoms with Gasteiger partial charge in [0.1, 0.15) is 0 Å². The molecule has 2 heteroatoms. The van der Waals surface area contributed by atoms with Crippen LogP contribution < -0.4 is 0 Å². The fraction of sp³-hybridized carbons (Fsp3) is 1.00. The molecule has 4 unspecified atom stereocenters. The van der Waals surface area contributed by atoms with Crippen LogP contribution in [0.5, 0.6) is 0 Å². The molecule has 11 heavy (non-hydrogen) atoms. The molecular formula is C9H16O2. The Morgan fingerprint density at radius 3 is 1.55 bits per heavy atom. The maximum atomic E-state index is 8.98. The van der Waals surface area contributed by atoms with Crippen molar-refractivity contribution in [1.29, 1.82) is 0 Å². The van der Waals surface area contributed by atoms with Crippen LogP contribution in [0.2, 0.25) is 0 Å². The summed E-state index contributed by atoms with van der Waals surface area (Å²) in [4.78, 5) is 0. The van der Waals surface area contributed by atoms with Crippen molar-refractivity contribution in [3.63, 3.8) is 0 Å². The lowest BCUT2D eigenvalue weighted by atomic mass is 9.83. The second-order valence-corrected chi connectivity index (χ2v) is 4.11. The number of aliphatic hydroxyl groups excluding tert-OH is 2. The van der Waals surface area contributed by atoms with Crippen molar-refractivity contribution in [2.24, 2.45) is 23.7 Å². The van der Waals surface area contributed by atoms with Gasteiger partial charge in [-0.1, -0.05) is 0 Å². The van der Waals surface area contributed by atoms with Crippen molar-refractivity contribution in [3.05, 3.63) is 0 Å². The number of aliphatic hydroxyl groups is 2. The van der Waals surface area contributed by atoms with Gasteiger partial charge in [0.05, 0.1) is 0 Å². The SMILES string of the molecule is OCC1CC2CC1CC2CO. The minimum Gasteiger partial charge on any atom is -0.396 e. The predicted octanol–water partition coefficient (Wildman–Crippen LogP) is 0.633. The average molecular weight is 156 g/mol. The predicted molar refractivity (Wildman–Crippen MR) is 42.0 cm³/mol. The van der Waals surface area contributed by atoms with Gasteiger partial charge in [0, 0.05) is 13.2 Å². The molecule has 0 amide bonds. The summed E-state index contributed by atoms with van der Waals surface area (Å²) in [6.07, 6.45) is 3.58. The van der Waals surface area contributed by atoms with Crippen LogP contribution in [-0.4, -0.2) is 23.4 Å². The van der Waals surface area contributed by atoms with Gasteiger partial charge < -0.3 is 10.2 Å². The van der Waals surface area contributed by atoms with Crippen LogP contribution in [0, 0.1) is 23.7 Å². The average Bonchev–Trinajstić information content (AvgIpc) is 2.60. The molecule has 0 saturated heterocycles. The molecule has 2 aliphatic rings. The third-order valence-corrected chi connectivity index (χ3v) is 3.62. The molecule has 0 heterocycles. The van der Waals surface area contributed by atoms with Crippen molar-refractivity contribution in [2.45, 2.75) is 19.3 Å². The highest BCUT2D eigenvalue weighted by molar-refractivity contribution is 4.94. The van der Waals surface area contributed by atoms with Crippen LogP contribution in [0.1, 0.15) is 19.3 Å². The maximum Gasteiger partial charge on any atom is 0.0462 e. The van der Waals surface area contributed by atoms with Crippen LogP contribution >= 0.6 is 0 Å². The number of rotatable bonds is 2. The molecule has 2 aliphatic carbocycles. The molecule has 64 valence electrons. The van der Waals surface area contributed by atoms with Gasteiger partial charge in [-0.25, -0.2) is 0 Å². The standard InChI is InChI=1S/C9H16O2/c10-4-8-2-6-1-7(8)3-9(6)5-11/h6-11H,1-5H2. The van der Waals surface area contributed by atoms with Gasteiger partial charge in [-0.05, 0) is 42.9 Å². The largest absolute Gasteiger partial charge is 0.396 e. The summed E-state index contributed by atoms with van der Waals surface area (Å²) in [5, 5.41) is 18.0. The lowest BCUT2D eigenvalue weighted by Crippen LogP contribution is -2.22. The first-order chi connectivity index (χ1) is 5.35. The van der Waals surface area contributed by atoms with Gasteiger partial charge in [0.15, 0.2) is 0 Å². The molecule has 2 rings (SSSR count). The van der Waals surface area contributed by atoms with E-state index in [1.165, 1.54) is 6.42 Å². The van der Waals surface area contributed by atoms with Crippen LogP contribution in [0.15, 0.2) is 0 Å². The zero-order chi connectivity index (χ0) is 7.84. The van der Waals surface area contributed by atoms with Crippen LogP contribution in [-0.2, 0) is 0 Å². The van der Waals surface area contributed by atoms with Crippen molar-refractivity contribution >= 4 is 0 Å². The van der Waals surface area contributed by atoms with Crippen LogP contribution in [0.4, 0.5) is 0 Å². The van der Waals surface area contributed by atoms with E-state index in [4.69, 9.17) is 10.2 Å². The molecule has 0 aromatic heterocycles. The van der Waals surface area contributed by atoms with Gasteiger partial charge in [-0.2, -0.15) is 0 Å². The monoisotopic (exact) mass is 156 g/mol. The number of hydrogen-bond donors (Lipinski definition) is 2. The lowest BCUT2D eigenvalue weighted by Gasteiger charge is -2.24. The lowest BCUT2D eigenvalue weighted by molar-refractivity contribution is 0.122. The first-order valence-corrected chi connectivity index (χ1v) is 4.57. The van der Waals surface area contributed by atoms with E-state index in [9.17, 15) is 0 Å². The molecule has 2 nitrogen and oxygen atoms in total. The quantitative estimate of drug-likeness (QED) is 0.615. The van der Waals surface area contributed by atoms with Crippen LogP contribution in [0.3, 0.4) is 0 Å². The molecule has 0 radical (unpaired) electrons. The molecule has 2 bridgehead atoms. The Hall–Kier alpha value is -0.0800. The molecule has 0 aromatic rings. The third-order valence-electron chi connectivity index (χ3n) is 3.62. The van der Waals surface area contributed by atoms with E-state index >= 15 is 0 Å². The highest BCUT2D eigenvalue weighted by atomic mass is 16.3. The Kier molecular flexibility index (Phi) is 1.90. The summed E-state index contributed by atoms with van der Waals surface area (Å²) in [6, 6.07) is 0. The van der Waals surface area contributed by atoms with E-state index in [1.807, 2.05) is 0 Å². The van der Waals surface area contributed by atoms with Crippen molar-refractivity contribution < 1.29 is 10.2 Å². The second kappa shape index (κ2) is 2.76. The smallest absolute Gasteiger partial charge is 0.0462 e. The Morgan fingerprint density at radius 1 is 0.818 bits per heavy atom. The van der Waals surface area contributed by atoms with E-state index in [0.29, 0.717) is 25.0 Å².